The third kappa shape index (κ3) is 7.03. The molecule has 1 aliphatic heterocycles. The van der Waals surface area contributed by atoms with Crippen molar-refractivity contribution in [1.29, 1.82) is 0 Å². The first kappa shape index (κ1) is 30.9. The van der Waals surface area contributed by atoms with Crippen LogP contribution in [0.4, 0.5) is 47.2 Å². The number of para-hydroxylation sites is 1. The molecule has 1 saturated heterocycles. The van der Waals surface area contributed by atoms with Crippen molar-refractivity contribution in [2.75, 3.05) is 30.3 Å². The van der Waals surface area contributed by atoms with Crippen LogP contribution < -0.4 is 10.6 Å². The Balaban J connectivity index is 1.46. The molecule has 4 rings (SSSR count). The first-order valence-electron chi connectivity index (χ1n) is 12.7. The second kappa shape index (κ2) is 11.7. The Kier molecular flexibility index (Phi) is 8.57. The number of aryl methyl sites for hydroxylation is 1. The van der Waals surface area contributed by atoms with E-state index in [1.165, 1.54) is 18.0 Å². The molecule has 3 heterocycles. The van der Waals surface area contributed by atoms with Gasteiger partial charge in [0.2, 0.25) is 5.95 Å². The van der Waals surface area contributed by atoms with E-state index >= 15 is 0 Å². The fourth-order valence-electron chi connectivity index (χ4n) is 4.59. The highest BCUT2D eigenvalue weighted by Crippen LogP contribution is 2.37. The van der Waals surface area contributed by atoms with Crippen molar-refractivity contribution in [3.8, 4) is 0 Å². The number of hydrogen-bond acceptors (Lipinski definition) is 7. The highest BCUT2D eigenvalue weighted by atomic mass is 19.4. The number of likely N-dealkylation sites (tertiary alicyclic amines) is 1. The number of nitrogens with one attached hydrogen (secondary N) is 2. The molecule has 1 unspecified atom stereocenters. The summed E-state index contributed by atoms with van der Waals surface area (Å²) in [4.78, 5) is 29.8. The van der Waals surface area contributed by atoms with Gasteiger partial charge in [0, 0.05) is 37.0 Å². The van der Waals surface area contributed by atoms with Crippen LogP contribution in [0.3, 0.4) is 0 Å². The molecule has 1 aliphatic rings. The minimum Gasteiger partial charge on any atom is -0.383 e. The zero-order valence-electron chi connectivity index (χ0n) is 22.3. The van der Waals surface area contributed by atoms with Gasteiger partial charge in [-0.2, -0.15) is 26.3 Å². The second-order valence-corrected chi connectivity index (χ2v) is 9.96. The molecule has 1 atom stereocenters. The molecule has 3 aromatic rings. The monoisotopic (exact) mass is 601 g/mol. The Hall–Kier alpha value is -4.08. The van der Waals surface area contributed by atoms with Crippen LogP contribution in [0.25, 0.3) is 0 Å². The number of urea groups is 1. The van der Waals surface area contributed by atoms with E-state index in [2.05, 4.69) is 25.3 Å². The van der Waals surface area contributed by atoms with Gasteiger partial charge < -0.3 is 20.6 Å². The van der Waals surface area contributed by atoms with Crippen LogP contribution in [0.15, 0.2) is 36.7 Å². The number of alkyl halides is 6. The molecule has 2 amide bonds. The molecule has 2 aromatic heterocycles. The lowest BCUT2D eigenvalue weighted by Gasteiger charge is -2.34. The van der Waals surface area contributed by atoms with E-state index in [1.54, 1.807) is 6.92 Å². The van der Waals surface area contributed by atoms with Crippen LogP contribution in [0, 0.1) is 12.7 Å². The SMILES string of the molecule is Cc1ncc(C(C)(O)CNc2nccc(C(F)(F)F)n2)c(C2CCN(C(=O)Nc3c(F)cccc3C(F)(F)F)CC2)n1. The van der Waals surface area contributed by atoms with Crippen molar-refractivity contribution in [2.24, 2.45) is 0 Å². The van der Waals surface area contributed by atoms with Gasteiger partial charge >= 0.3 is 18.4 Å². The van der Waals surface area contributed by atoms with Crippen LogP contribution in [0.1, 0.15) is 54.0 Å². The second-order valence-electron chi connectivity index (χ2n) is 9.96. The Morgan fingerprint density at radius 3 is 2.36 bits per heavy atom. The van der Waals surface area contributed by atoms with Crippen LogP contribution >= 0.6 is 0 Å². The van der Waals surface area contributed by atoms with E-state index in [-0.39, 0.29) is 37.1 Å². The Bertz CT molecular complexity index is 1440. The van der Waals surface area contributed by atoms with Crippen molar-refractivity contribution in [2.45, 2.75) is 50.6 Å². The Labute approximate surface area is 235 Å². The topological polar surface area (TPSA) is 116 Å². The first-order valence-corrected chi connectivity index (χ1v) is 12.7. The number of halogens is 7. The fraction of sp³-hybridized carbons (Fsp3) is 0.423. The number of carbonyl (C=O) groups is 1. The highest BCUT2D eigenvalue weighted by molar-refractivity contribution is 5.90. The zero-order valence-corrected chi connectivity index (χ0v) is 22.3. The molecule has 9 nitrogen and oxygen atoms in total. The summed E-state index contributed by atoms with van der Waals surface area (Å²) in [5, 5.41) is 15.9. The lowest BCUT2D eigenvalue weighted by atomic mass is 9.85. The number of carbonyl (C=O) groups excluding carboxylic acids is 1. The van der Waals surface area contributed by atoms with Gasteiger partial charge in [-0.25, -0.2) is 29.1 Å². The number of aromatic nitrogens is 4. The number of benzene rings is 1. The summed E-state index contributed by atoms with van der Waals surface area (Å²) >= 11 is 0. The van der Waals surface area contributed by atoms with E-state index < -0.39 is 46.7 Å². The predicted molar refractivity (Wildman–Crippen MR) is 136 cm³/mol. The van der Waals surface area contributed by atoms with Crippen molar-refractivity contribution >= 4 is 17.7 Å². The maximum atomic E-state index is 14.2. The number of anilines is 2. The van der Waals surface area contributed by atoms with Crippen LogP contribution in [0.5, 0.6) is 0 Å². The molecule has 0 bridgehead atoms. The minimum absolute atomic E-state index is 0.0905. The van der Waals surface area contributed by atoms with Gasteiger partial charge in [0.05, 0.1) is 23.5 Å². The summed E-state index contributed by atoms with van der Waals surface area (Å²) in [6, 6.07) is 2.20. The zero-order chi connectivity index (χ0) is 30.9. The molecule has 3 N–H and O–H groups in total. The van der Waals surface area contributed by atoms with Crippen molar-refractivity contribution < 1.29 is 40.6 Å². The predicted octanol–water partition coefficient (Wildman–Crippen LogP) is 5.48. The van der Waals surface area contributed by atoms with Gasteiger partial charge in [-0.3, -0.25) is 0 Å². The van der Waals surface area contributed by atoms with E-state index in [9.17, 15) is 40.6 Å². The molecule has 1 fully saturated rings. The molecule has 226 valence electrons. The number of piperidine rings is 1. The molecule has 0 saturated carbocycles. The van der Waals surface area contributed by atoms with Crippen molar-refractivity contribution in [1.82, 2.24) is 24.8 Å². The van der Waals surface area contributed by atoms with Crippen molar-refractivity contribution in [3.05, 3.63) is 70.8 Å². The van der Waals surface area contributed by atoms with E-state index in [0.717, 1.165) is 18.3 Å². The number of hydrogen-bond donors (Lipinski definition) is 3. The van der Waals surface area contributed by atoms with Crippen LogP contribution in [-0.4, -0.2) is 55.6 Å². The van der Waals surface area contributed by atoms with Gasteiger partial charge in [0.25, 0.3) is 0 Å². The maximum absolute atomic E-state index is 14.2. The van der Waals surface area contributed by atoms with Crippen LogP contribution in [0.2, 0.25) is 0 Å². The number of nitrogens with zero attached hydrogens (tertiary/aromatic N) is 5. The summed E-state index contributed by atoms with van der Waals surface area (Å²) in [5.74, 6) is -1.48. The highest BCUT2D eigenvalue weighted by Gasteiger charge is 2.37. The minimum atomic E-state index is -4.88. The molecular formula is C26H26F7N7O2. The van der Waals surface area contributed by atoms with Gasteiger partial charge in [0.1, 0.15) is 22.9 Å². The van der Waals surface area contributed by atoms with E-state index in [4.69, 9.17) is 0 Å². The molecule has 0 aliphatic carbocycles. The van der Waals surface area contributed by atoms with E-state index in [0.29, 0.717) is 36.5 Å². The fourth-order valence-corrected chi connectivity index (χ4v) is 4.59. The summed E-state index contributed by atoms with van der Waals surface area (Å²) in [7, 11) is 0. The molecule has 0 spiro atoms. The summed E-state index contributed by atoms with van der Waals surface area (Å²) in [5.41, 5.74) is -4.37. The molecular weight excluding hydrogens is 575 g/mol. The van der Waals surface area contributed by atoms with Gasteiger partial charge in [-0.05, 0) is 44.9 Å². The third-order valence-corrected chi connectivity index (χ3v) is 6.78. The number of rotatable bonds is 6. The average Bonchev–Trinajstić information content (AvgIpc) is 2.92. The average molecular weight is 602 g/mol. The van der Waals surface area contributed by atoms with Crippen molar-refractivity contribution in [3.63, 3.8) is 0 Å². The summed E-state index contributed by atoms with van der Waals surface area (Å²) in [6.45, 7) is 2.94. The quantitative estimate of drug-likeness (QED) is 0.321. The lowest BCUT2D eigenvalue weighted by Crippen LogP contribution is -2.42. The first-order chi connectivity index (χ1) is 19.6. The summed E-state index contributed by atoms with van der Waals surface area (Å²) < 4.78 is 93.2. The molecule has 16 heteroatoms. The number of aliphatic hydroxyl groups is 1. The Morgan fingerprint density at radius 1 is 1.02 bits per heavy atom. The molecule has 42 heavy (non-hydrogen) atoms. The van der Waals surface area contributed by atoms with E-state index in [1.807, 2.05) is 5.32 Å². The van der Waals surface area contributed by atoms with Gasteiger partial charge in [0.15, 0.2) is 0 Å². The molecule has 1 aromatic carbocycles. The van der Waals surface area contributed by atoms with Gasteiger partial charge in [-0.1, -0.05) is 6.07 Å². The lowest BCUT2D eigenvalue weighted by molar-refractivity contribution is -0.141. The van der Waals surface area contributed by atoms with Crippen LogP contribution in [-0.2, 0) is 18.0 Å². The number of amides is 2. The third-order valence-electron chi connectivity index (χ3n) is 6.78. The summed E-state index contributed by atoms with van der Waals surface area (Å²) in [6.07, 6.45) is -6.60. The normalized spacial score (nSPS) is 16.2. The standard InChI is InChI=1S/C26H26F7N7O2/c1-14-35-12-17(24(2,42)13-36-22-34-9-6-19(38-22)26(31,32)33)20(37-14)15-7-10-40(11-8-15)23(41)39-21-16(25(28,29)30)4-3-5-18(21)27/h3-6,9,12,15,42H,7-8,10-11,13H2,1-2H3,(H,39,41)(H,34,36,38). The molecule has 0 radical (unpaired) electrons. The van der Waals surface area contributed by atoms with Gasteiger partial charge in [-0.15, -0.1) is 0 Å². The largest absolute Gasteiger partial charge is 0.433 e. The smallest absolute Gasteiger partial charge is 0.383 e. The maximum Gasteiger partial charge on any atom is 0.433 e. The Morgan fingerprint density at radius 2 is 1.71 bits per heavy atom.